The number of hydrogen-bond acceptors (Lipinski definition) is 4. The Hall–Kier alpha value is -1.66. The highest BCUT2D eigenvalue weighted by molar-refractivity contribution is 6.42. The normalized spacial score (nSPS) is 10.8. The van der Waals surface area contributed by atoms with Gasteiger partial charge in [0.1, 0.15) is 0 Å². The molecule has 0 atom stereocenters. The second kappa shape index (κ2) is 7.38. The Morgan fingerprint density at radius 2 is 2.00 bits per heavy atom. The summed E-state index contributed by atoms with van der Waals surface area (Å²) in [5.41, 5.74) is 0.792. The SMILES string of the molecule is O=C(O)CCCCCn1nnnc1-c1ccc(Cl)c(Cl)c1. The number of rotatable bonds is 7. The third-order valence-corrected chi connectivity index (χ3v) is 3.71. The van der Waals surface area contributed by atoms with Gasteiger partial charge < -0.3 is 5.11 Å². The molecule has 8 heteroatoms. The molecule has 1 N–H and O–H groups in total. The molecule has 1 aromatic heterocycles. The van der Waals surface area contributed by atoms with E-state index in [1.165, 1.54) is 0 Å². The number of unbranched alkanes of at least 4 members (excludes halogenated alkanes) is 2. The van der Waals surface area contributed by atoms with Crippen LogP contribution in [-0.4, -0.2) is 31.3 Å². The van der Waals surface area contributed by atoms with Crippen LogP contribution in [-0.2, 0) is 11.3 Å². The Balaban J connectivity index is 1.98. The van der Waals surface area contributed by atoms with Crippen molar-refractivity contribution in [3.63, 3.8) is 0 Å². The van der Waals surface area contributed by atoms with Crippen molar-refractivity contribution in [2.75, 3.05) is 0 Å². The van der Waals surface area contributed by atoms with Crippen LogP contribution in [0.2, 0.25) is 10.0 Å². The summed E-state index contributed by atoms with van der Waals surface area (Å²) in [7, 11) is 0. The van der Waals surface area contributed by atoms with Crippen LogP contribution in [0.15, 0.2) is 18.2 Å². The Morgan fingerprint density at radius 1 is 1.19 bits per heavy atom. The average Bonchev–Trinajstić information content (AvgIpc) is 2.89. The van der Waals surface area contributed by atoms with Crippen LogP contribution in [0.25, 0.3) is 11.4 Å². The summed E-state index contributed by atoms with van der Waals surface area (Å²) in [5, 5.41) is 21.1. The highest BCUT2D eigenvalue weighted by Crippen LogP contribution is 2.27. The zero-order valence-corrected chi connectivity index (χ0v) is 12.7. The lowest BCUT2D eigenvalue weighted by Crippen LogP contribution is -2.03. The zero-order valence-electron chi connectivity index (χ0n) is 11.2. The van der Waals surface area contributed by atoms with Gasteiger partial charge >= 0.3 is 5.97 Å². The Kier molecular flexibility index (Phi) is 5.52. The number of aromatic nitrogens is 4. The van der Waals surface area contributed by atoms with Crippen molar-refractivity contribution < 1.29 is 9.90 Å². The number of carbonyl (C=O) groups is 1. The fourth-order valence-electron chi connectivity index (χ4n) is 1.91. The van der Waals surface area contributed by atoms with Crippen LogP contribution in [0.1, 0.15) is 25.7 Å². The predicted octanol–water partition coefficient (Wildman–Crippen LogP) is 3.29. The molecule has 6 nitrogen and oxygen atoms in total. The van der Waals surface area contributed by atoms with Crippen LogP contribution in [0, 0.1) is 0 Å². The minimum absolute atomic E-state index is 0.190. The standard InChI is InChI=1S/C13H14Cl2N4O2/c14-10-6-5-9(8-11(10)15)13-16-17-18-19(13)7-3-1-2-4-12(20)21/h5-6,8H,1-4,7H2,(H,20,21). The number of carboxylic acids is 1. The number of carboxylic acid groups (broad SMARTS) is 1. The maximum atomic E-state index is 10.4. The van der Waals surface area contributed by atoms with Gasteiger partial charge in [0.05, 0.1) is 10.0 Å². The maximum Gasteiger partial charge on any atom is 0.303 e. The molecule has 2 aromatic rings. The summed E-state index contributed by atoms with van der Waals surface area (Å²) >= 11 is 11.9. The minimum atomic E-state index is -0.770. The summed E-state index contributed by atoms with van der Waals surface area (Å²) in [5.74, 6) is -0.152. The Labute approximate surface area is 131 Å². The second-order valence-electron chi connectivity index (χ2n) is 4.56. The molecule has 0 amide bonds. The molecule has 2 rings (SSSR count). The molecule has 0 aliphatic carbocycles. The summed E-state index contributed by atoms with van der Waals surface area (Å²) < 4.78 is 1.68. The van der Waals surface area contributed by atoms with E-state index in [1.54, 1.807) is 22.9 Å². The van der Waals surface area contributed by atoms with Crippen LogP contribution >= 0.6 is 23.2 Å². The largest absolute Gasteiger partial charge is 0.481 e. The van der Waals surface area contributed by atoms with Gasteiger partial charge in [-0.2, -0.15) is 0 Å². The van der Waals surface area contributed by atoms with Gasteiger partial charge in [0.15, 0.2) is 5.82 Å². The van der Waals surface area contributed by atoms with Crippen LogP contribution in [0.4, 0.5) is 0 Å². The molecule has 0 aliphatic rings. The molecule has 21 heavy (non-hydrogen) atoms. The molecular formula is C13H14Cl2N4O2. The van der Waals surface area contributed by atoms with Crippen molar-refractivity contribution in [1.82, 2.24) is 20.2 Å². The van der Waals surface area contributed by atoms with E-state index >= 15 is 0 Å². The summed E-state index contributed by atoms with van der Waals surface area (Å²) in [6, 6.07) is 5.22. The van der Waals surface area contributed by atoms with E-state index in [0.717, 1.165) is 18.4 Å². The van der Waals surface area contributed by atoms with Crippen molar-refractivity contribution in [2.45, 2.75) is 32.2 Å². The Bertz CT molecular complexity index is 630. The number of tetrazole rings is 1. The van der Waals surface area contributed by atoms with E-state index in [9.17, 15) is 4.79 Å². The predicted molar refractivity (Wildman–Crippen MR) is 79.4 cm³/mol. The fourth-order valence-corrected chi connectivity index (χ4v) is 2.21. The quantitative estimate of drug-likeness (QED) is 0.788. The van der Waals surface area contributed by atoms with Gasteiger partial charge in [0.25, 0.3) is 0 Å². The number of hydrogen-bond donors (Lipinski definition) is 1. The first kappa shape index (κ1) is 15.7. The van der Waals surface area contributed by atoms with Gasteiger partial charge in [0, 0.05) is 18.5 Å². The lowest BCUT2D eigenvalue weighted by atomic mass is 10.2. The highest BCUT2D eigenvalue weighted by atomic mass is 35.5. The molecule has 0 bridgehead atoms. The molecule has 1 aromatic carbocycles. The van der Waals surface area contributed by atoms with E-state index in [2.05, 4.69) is 15.5 Å². The number of halogens is 2. The summed E-state index contributed by atoms with van der Waals surface area (Å²) in [4.78, 5) is 10.4. The van der Waals surface area contributed by atoms with Crippen molar-refractivity contribution >= 4 is 29.2 Å². The first-order valence-corrected chi connectivity index (χ1v) is 7.27. The monoisotopic (exact) mass is 328 g/mol. The first-order chi connectivity index (χ1) is 10.1. The fraction of sp³-hybridized carbons (Fsp3) is 0.385. The average molecular weight is 329 g/mol. The van der Waals surface area contributed by atoms with Gasteiger partial charge in [-0.1, -0.05) is 29.6 Å². The van der Waals surface area contributed by atoms with E-state index in [0.29, 0.717) is 28.8 Å². The van der Waals surface area contributed by atoms with Gasteiger partial charge in [0.2, 0.25) is 0 Å². The molecule has 1 heterocycles. The molecule has 112 valence electrons. The van der Waals surface area contributed by atoms with Crippen molar-refractivity contribution in [3.8, 4) is 11.4 Å². The number of nitrogens with zero attached hydrogens (tertiary/aromatic N) is 4. The van der Waals surface area contributed by atoms with Crippen molar-refractivity contribution in [1.29, 1.82) is 0 Å². The maximum absolute atomic E-state index is 10.4. The Morgan fingerprint density at radius 3 is 2.71 bits per heavy atom. The first-order valence-electron chi connectivity index (χ1n) is 6.51. The highest BCUT2D eigenvalue weighted by Gasteiger charge is 2.10. The van der Waals surface area contributed by atoms with E-state index in [-0.39, 0.29) is 6.42 Å². The topological polar surface area (TPSA) is 80.9 Å². The van der Waals surface area contributed by atoms with Gasteiger partial charge in [-0.05, 0) is 41.5 Å². The molecule has 0 saturated carbocycles. The number of aryl methyl sites for hydroxylation is 1. The van der Waals surface area contributed by atoms with E-state index in [1.807, 2.05) is 0 Å². The smallest absolute Gasteiger partial charge is 0.303 e. The molecule has 0 spiro atoms. The minimum Gasteiger partial charge on any atom is -0.481 e. The number of aliphatic carboxylic acids is 1. The summed E-state index contributed by atoms with van der Waals surface area (Å²) in [6.07, 6.45) is 2.47. The second-order valence-corrected chi connectivity index (χ2v) is 5.37. The molecule has 0 saturated heterocycles. The molecule has 0 fully saturated rings. The van der Waals surface area contributed by atoms with Crippen LogP contribution in [0.3, 0.4) is 0 Å². The van der Waals surface area contributed by atoms with Gasteiger partial charge in [-0.25, -0.2) is 4.68 Å². The summed E-state index contributed by atoms with van der Waals surface area (Å²) in [6.45, 7) is 0.627. The van der Waals surface area contributed by atoms with E-state index < -0.39 is 5.97 Å². The zero-order chi connectivity index (χ0) is 15.2. The van der Waals surface area contributed by atoms with Gasteiger partial charge in [-0.3, -0.25) is 4.79 Å². The van der Waals surface area contributed by atoms with Gasteiger partial charge in [-0.15, -0.1) is 5.10 Å². The van der Waals surface area contributed by atoms with Crippen LogP contribution in [0.5, 0.6) is 0 Å². The number of benzene rings is 1. The molecule has 0 unspecified atom stereocenters. The third-order valence-electron chi connectivity index (χ3n) is 2.97. The van der Waals surface area contributed by atoms with E-state index in [4.69, 9.17) is 28.3 Å². The van der Waals surface area contributed by atoms with Crippen molar-refractivity contribution in [2.24, 2.45) is 0 Å². The lowest BCUT2D eigenvalue weighted by molar-refractivity contribution is -0.137. The molecule has 0 radical (unpaired) electrons. The third kappa shape index (κ3) is 4.41. The molecular weight excluding hydrogens is 315 g/mol. The lowest BCUT2D eigenvalue weighted by Gasteiger charge is -2.05. The van der Waals surface area contributed by atoms with Crippen LogP contribution < -0.4 is 0 Å². The van der Waals surface area contributed by atoms with Crippen molar-refractivity contribution in [3.05, 3.63) is 28.2 Å². The molecule has 0 aliphatic heterocycles.